The summed E-state index contributed by atoms with van der Waals surface area (Å²) in [4.78, 5) is 10.4. The Bertz CT molecular complexity index is 1810. The van der Waals surface area contributed by atoms with E-state index in [4.69, 9.17) is 16.7 Å². The van der Waals surface area contributed by atoms with Crippen molar-refractivity contribution >= 4 is 98.8 Å². The first-order valence-corrected chi connectivity index (χ1v) is 17.6. The molecule has 1 saturated heterocycles. The number of halogens is 4. The third-order valence-corrected chi connectivity index (χ3v) is 15.4. The molecule has 220 valence electrons. The van der Waals surface area contributed by atoms with E-state index < -0.39 is 34.0 Å². The summed E-state index contributed by atoms with van der Waals surface area (Å²) in [6.45, 7) is 2.79. The Balaban J connectivity index is 0.000000270. The van der Waals surface area contributed by atoms with Crippen molar-refractivity contribution in [1.82, 2.24) is 15.3 Å². The summed E-state index contributed by atoms with van der Waals surface area (Å²) in [5.41, 5.74) is 0.522. The quantitative estimate of drug-likeness (QED) is 0.282. The van der Waals surface area contributed by atoms with Gasteiger partial charge in [0.05, 0.1) is 8.68 Å². The highest BCUT2D eigenvalue weighted by atomic mass is 79.9. The van der Waals surface area contributed by atoms with Crippen LogP contribution in [0.1, 0.15) is 5.56 Å². The molecule has 3 N–H and O–H groups in total. The number of rotatable bonds is 4. The Labute approximate surface area is 264 Å². The molecule has 17 heteroatoms. The van der Waals surface area contributed by atoms with Crippen LogP contribution in [0.3, 0.4) is 0 Å². The van der Waals surface area contributed by atoms with E-state index in [0.717, 1.165) is 39.1 Å². The van der Waals surface area contributed by atoms with Gasteiger partial charge in [-0.1, -0.05) is 29.4 Å². The fourth-order valence-corrected chi connectivity index (χ4v) is 12.0. The van der Waals surface area contributed by atoms with Crippen LogP contribution in [0, 0.1) is 5.82 Å². The second-order valence-electron chi connectivity index (χ2n) is 8.88. The molecule has 4 aromatic rings. The molecule has 2 aliphatic heterocycles. The molecule has 6 rings (SSSR count). The molecule has 9 nitrogen and oxygen atoms in total. The van der Waals surface area contributed by atoms with Gasteiger partial charge in [0.25, 0.3) is 0 Å². The molecule has 3 aromatic heterocycles. The van der Waals surface area contributed by atoms with Gasteiger partial charge >= 0.3 is 0 Å². The largest absolute Gasteiger partial charge is 0.354 e. The molecule has 0 amide bonds. The van der Waals surface area contributed by atoms with Gasteiger partial charge in [-0.05, 0) is 52.3 Å². The summed E-state index contributed by atoms with van der Waals surface area (Å²) in [7, 11) is -9.15. The highest BCUT2D eigenvalue weighted by molar-refractivity contribution is 9.11. The molecule has 1 aromatic carbocycles. The minimum Gasteiger partial charge on any atom is -0.354 e. The zero-order chi connectivity index (χ0) is 28.7. The molecule has 5 heterocycles. The van der Waals surface area contributed by atoms with Crippen molar-refractivity contribution in [3.05, 3.63) is 75.2 Å². The van der Waals surface area contributed by atoms with E-state index >= 15 is 0 Å². The summed E-state index contributed by atoms with van der Waals surface area (Å²) in [5, 5.41) is 10.3. The zero-order valence-corrected chi connectivity index (χ0v) is 27.4. The zero-order valence-electron chi connectivity index (χ0n) is 21.0. The van der Waals surface area contributed by atoms with E-state index in [-0.39, 0.29) is 18.8 Å². The van der Waals surface area contributed by atoms with Crippen molar-refractivity contribution in [2.45, 2.75) is 19.6 Å². The Kier molecular flexibility index (Phi) is 9.93. The summed E-state index contributed by atoms with van der Waals surface area (Å²) >= 11 is 11.6. The summed E-state index contributed by atoms with van der Waals surface area (Å²) in [6, 6.07) is 9.81. The number of pyridine rings is 2. The van der Waals surface area contributed by atoms with E-state index in [1.807, 2.05) is 17.0 Å². The van der Waals surface area contributed by atoms with Crippen LogP contribution < -0.4 is 15.4 Å². The fraction of sp³-hybridized carbons (Fsp3) is 0.250. The van der Waals surface area contributed by atoms with Crippen LogP contribution >= 0.6 is 63.0 Å². The van der Waals surface area contributed by atoms with Crippen molar-refractivity contribution in [3.63, 3.8) is 0 Å². The molecular formula is C24H23BrCl2FN5O4S4. The Morgan fingerprint density at radius 1 is 1.07 bits per heavy atom. The van der Waals surface area contributed by atoms with Crippen molar-refractivity contribution in [2.24, 2.45) is 5.14 Å². The number of nitrogens with two attached hydrogens (primary N) is 1. The Hall–Kier alpha value is -1.56. The van der Waals surface area contributed by atoms with Crippen LogP contribution in [-0.2, 0) is 26.3 Å². The number of nitrogens with zero attached hydrogens (tertiary/aromatic N) is 3. The minimum absolute atomic E-state index is 0. The number of hydrogen-bond donors (Lipinski definition) is 2. The van der Waals surface area contributed by atoms with Crippen LogP contribution in [0.5, 0.6) is 0 Å². The van der Waals surface area contributed by atoms with E-state index in [2.05, 4.69) is 31.2 Å². The van der Waals surface area contributed by atoms with E-state index in [9.17, 15) is 21.2 Å². The van der Waals surface area contributed by atoms with Gasteiger partial charge in [-0.15, -0.1) is 23.7 Å². The van der Waals surface area contributed by atoms with Crippen LogP contribution in [0.2, 0.25) is 5.15 Å². The third-order valence-electron chi connectivity index (χ3n) is 6.38. The lowest BCUT2D eigenvalue weighted by Crippen LogP contribution is -2.47. The molecule has 1 atom stereocenters. The highest BCUT2D eigenvalue weighted by Crippen LogP contribution is 2.54. The number of thioether (sulfide) groups is 1. The Morgan fingerprint density at radius 2 is 1.78 bits per heavy atom. The number of benzene rings is 1. The van der Waals surface area contributed by atoms with Gasteiger partial charge in [-0.25, -0.2) is 36.3 Å². The molecule has 0 spiro atoms. The molecule has 0 bridgehead atoms. The second-order valence-corrected chi connectivity index (χ2v) is 17.8. The maximum absolute atomic E-state index is 13.7. The highest BCUT2D eigenvalue weighted by Gasteiger charge is 2.59. The van der Waals surface area contributed by atoms with E-state index in [1.165, 1.54) is 18.3 Å². The monoisotopic (exact) mass is 741 g/mol. The predicted octanol–water partition coefficient (Wildman–Crippen LogP) is 4.83. The average Bonchev–Trinajstić information content (AvgIpc) is 3.52. The van der Waals surface area contributed by atoms with Crippen molar-refractivity contribution in [2.75, 3.05) is 31.1 Å². The van der Waals surface area contributed by atoms with Gasteiger partial charge in [-0.3, -0.25) is 0 Å². The molecule has 0 aliphatic carbocycles. The number of anilines is 1. The molecular weight excluding hydrogens is 720 g/mol. The number of hydrogen-bond acceptors (Lipinski definition) is 10. The Morgan fingerprint density at radius 3 is 2.44 bits per heavy atom. The van der Waals surface area contributed by atoms with Gasteiger partial charge in [-0.2, -0.15) is 0 Å². The molecule has 0 saturated carbocycles. The normalized spacial score (nSPS) is 18.8. The minimum atomic E-state index is -4.60. The lowest BCUT2D eigenvalue weighted by molar-refractivity contribution is 0.565. The lowest BCUT2D eigenvalue weighted by Gasteiger charge is -2.30. The maximum Gasteiger partial charge on any atom is 0.244 e. The predicted molar refractivity (Wildman–Crippen MR) is 168 cm³/mol. The number of aromatic nitrogens is 2. The topological polar surface area (TPSA) is 135 Å². The van der Waals surface area contributed by atoms with E-state index in [0.29, 0.717) is 46.3 Å². The molecule has 1 unspecified atom stereocenters. The number of primary sulfonamides is 1. The molecule has 2 aliphatic rings. The number of sulfone groups is 1. The molecule has 41 heavy (non-hydrogen) atoms. The van der Waals surface area contributed by atoms with Gasteiger partial charge < -0.3 is 10.2 Å². The van der Waals surface area contributed by atoms with Crippen molar-refractivity contribution in [1.29, 1.82) is 0 Å². The number of fused-ring (bicyclic) bond motifs is 2. The van der Waals surface area contributed by atoms with Crippen molar-refractivity contribution < 1.29 is 21.2 Å². The van der Waals surface area contributed by atoms with Crippen LogP contribution in [-0.4, -0.2) is 56.4 Å². The third kappa shape index (κ3) is 6.24. The number of nitrogens with one attached hydrogen (secondary N) is 1. The summed E-state index contributed by atoms with van der Waals surface area (Å²) in [6.07, 6.45) is 2.88. The lowest BCUT2D eigenvalue weighted by atomic mass is 10.2. The van der Waals surface area contributed by atoms with Crippen LogP contribution in [0.25, 0.3) is 10.1 Å². The van der Waals surface area contributed by atoms with Crippen molar-refractivity contribution in [3.8, 4) is 0 Å². The van der Waals surface area contributed by atoms with E-state index in [1.54, 1.807) is 23.6 Å². The van der Waals surface area contributed by atoms with Crippen LogP contribution in [0.15, 0.2) is 68.4 Å². The van der Waals surface area contributed by atoms with Crippen LogP contribution in [0.4, 0.5) is 10.2 Å². The first kappa shape index (κ1) is 32.4. The van der Waals surface area contributed by atoms with Gasteiger partial charge in [0.15, 0.2) is 0 Å². The van der Waals surface area contributed by atoms with Gasteiger partial charge in [0.2, 0.25) is 23.3 Å². The SMILES string of the molecule is Cl.Clc1nccc2sc(Br)cc12.NS(=O)(=O)C1(S(=O)(=O)c2cccc(F)c2)Cc2c(ccnc2N2CCNCC2)S1. The summed E-state index contributed by atoms with van der Waals surface area (Å²) < 4.78 is 65.7. The smallest absolute Gasteiger partial charge is 0.244 e. The number of thiophene rings is 1. The second kappa shape index (κ2) is 12.6. The number of piperazine rings is 1. The number of sulfonamides is 1. The first-order valence-electron chi connectivity index (χ1n) is 11.8. The standard InChI is InChI=1S/C17H19FN4O4S3.C7H3BrClNS.ClH/c18-12-2-1-3-13(10-12)28(23,24)17(29(19,25)26)11-14-15(27-17)4-5-21-16(14)22-8-6-20-7-9-22;8-6-3-4-5(11-6)1-2-10-7(4)9;/h1-5,10,20H,6-9,11H2,(H2,19,25,26);1-3H;1H. The molecule has 1 fully saturated rings. The van der Waals surface area contributed by atoms with Gasteiger partial charge in [0.1, 0.15) is 16.8 Å². The molecule has 0 radical (unpaired) electrons. The summed E-state index contributed by atoms with van der Waals surface area (Å²) in [5.74, 6) is -0.226. The maximum atomic E-state index is 13.7. The average molecular weight is 744 g/mol. The fourth-order valence-electron chi connectivity index (χ4n) is 4.47. The first-order chi connectivity index (χ1) is 18.9. The van der Waals surface area contributed by atoms with Gasteiger partial charge in [0, 0.05) is 65.5 Å².